The second-order valence-corrected chi connectivity index (χ2v) is 5.98. The predicted octanol–water partition coefficient (Wildman–Crippen LogP) is 4.88. The number of rotatable bonds is 2. The van der Waals surface area contributed by atoms with Crippen molar-refractivity contribution in [1.82, 2.24) is 0 Å². The van der Waals surface area contributed by atoms with Crippen molar-refractivity contribution in [1.29, 1.82) is 0 Å². The molecule has 8 heteroatoms. The van der Waals surface area contributed by atoms with Crippen molar-refractivity contribution in [3.05, 3.63) is 67.6 Å². The molecule has 0 radical (unpaired) electrons. The maximum absolute atomic E-state index is 13.0. The van der Waals surface area contributed by atoms with Gasteiger partial charge in [0, 0.05) is 5.56 Å². The van der Waals surface area contributed by atoms with Crippen molar-refractivity contribution in [3.8, 4) is 0 Å². The average Bonchev–Trinajstić information content (AvgIpc) is 2.48. The number of carboxylic acids is 2. The van der Waals surface area contributed by atoms with E-state index in [0.29, 0.717) is 0 Å². The molecular formula is C15H10Br2F2O4. The van der Waals surface area contributed by atoms with E-state index in [2.05, 4.69) is 31.9 Å². The van der Waals surface area contributed by atoms with Crippen LogP contribution in [-0.2, 0) is 0 Å². The highest BCUT2D eigenvalue weighted by Gasteiger charge is 2.12. The van der Waals surface area contributed by atoms with Crippen LogP contribution in [0.1, 0.15) is 26.3 Å². The predicted molar refractivity (Wildman–Crippen MR) is 86.9 cm³/mol. The lowest BCUT2D eigenvalue weighted by Gasteiger charge is -2.02. The van der Waals surface area contributed by atoms with Crippen LogP contribution in [0.3, 0.4) is 0 Å². The van der Waals surface area contributed by atoms with Crippen molar-refractivity contribution in [3.63, 3.8) is 0 Å². The van der Waals surface area contributed by atoms with E-state index < -0.39 is 23.6 Å². The van der Waals surface area contributed by atoms with Gasteiger partial charge in [-0.15, -0.1) is 0 Å². The lowest BCUT2D eigenvalue weighted by Crippen LogP contribution is -2.01. The molecule has 0 saturated heterocycles. The minimum absolute atomic E-state index is 0.00398. The van der Waals surface area contributed by atoms with E-state index >= 15 is 0 Å². The Morgan fingerprint density at radius 2 is 1.52 bits per heavy atom. The lowest BCUT2D eigenvalue weighted by molar-refractivity contribution is 0.0685. The van der Waals surface area contributed by atoms with Crippen LogP contribution in [0.25, 0.3) is 0 Å². The second-order valence-electron chi connectivity index (χ2n) is 4.27. The van der Waals surface area contributed by atoms with Crippen LogP contribution in [0.5, 0.6) is 0 Å². The summed E-state index contributed by atoms with van der Waals surface area (Å²) in [6.07, 6.45) is 0. The van der Waals surface area contributed by atoms with Crippen molar-refractivity contribution >= 4 is 43.8 Å². The Hall–Kier alpha value is -1.80. The molecule has 0 aliphatic carbocycles. The van der Waals surface area contributed by atoms with Crippen molar-refractivity contribution < 1.29 is 28.6 Å². The molecule has 0 bridgehead atoms. The maximum atomic E-state index is 13.0. The molecular weight excluding hydrogens is 442 g/mol. The molecule has 122 valence electrons. The number of carbonyl (C=O) groups is 2. The highest BCUT2D eigenvalue weighted by Crippen LogP contribution is 2.21. The topological polar surface area (TPSA) is 74.6 Å². The second kappa shape index (κ2) is 8.16. The van der Waals surface area contributed by atoms with Gasteiger partial charge < -0.3 is 10.2 Å². The van der Waals surface area contributed by atoms with E-state index in [1.165, 1.54) is 31.2 Å². The van der Waals surface area contributed by atoms with E-state index in [9.17, 15) is 18.4 Å². The lowest BCUT2D eigenvalue weighted by atomic mass is 10.1. The van der Waals surface area contributed by atoms with E-state index in [-0.39, 0.29) is 25.6 Å². The fourth-order valence-electron chi connectivity index (χ4n) is 1.51. The van der Waals surface area contributed by atoms with Crippen LogP contribution in [0.2, 0.25) is 0 Å². The summed E-state index contributed by atoms with van der Waals surface area (Å²) in [5, 5.41) is 17.0. The first-order chi connectivity index (χ1) is 10.6. The number of halogens is 4. The molecule has 0 spiro atoms. The molecule has 0 aromatic heterocycles. The van der Waals surface area contributed by atoms with Crippen LogP contribution in [0.15, 0.2) is 39.3 Å². The van der Waals surface area contributed by atoms with Gasteiger partial charge in [0.1, 0.15) is 11.6 Å². The third kappa shape index (κ3) is 5.11. The zero-order valence-electron chi connectivity index (χ0n) is 11.6. The van der Waals surface area contributed by atoms with Gasteiger partial charge in [-0.2, -0.15) is 0 Å². The zero-order chi connectivity index (χ0) is 17.7. The number of hydrogen-bond donors (Lipinski definition) is 2. The fraction of sp³-hybridized carbons (Fsp3) is 0.0667. The Labute approximate surface area is 147 Å². The number of benzene rings is 2. The Balaban J connectivity index is 0.000000231. The van der Waals surface area contributed by atoms with Gasteiger partial charge in [0.25, 0.3) is 0 Å². The van der Waals surface area contributed by atoms with Gasteiger partial charge >= 0.3 is 11.9 Å². The summed E-state index contributed by atoms with van der Waals surface area (Å²) in [5.74, 6) is -3.32. The quantitative estimate of drug-likeness (QED) is 0.682. The summed E-state index contributed by atoms with van der Waals surface area (Å²) in [5.41, 5.74) is 0.0956. The first-order valence-electron chi connectivity index (χ1n) is 6.01. The molecule has 0 aliphatic heterocycles. The maximum Gasteiger partial charge on any atom is 0.336 e. The summed E-state index contributed by atoms with van der Waals surface area (Å²) in [6.45, 7) is 1.43. The Bertz CT molecular complexity index is 763. The highest BCUT2D eigenvalue weighted by molar-refractivity contribution is 9.10. The van der Waals surface area contributed by atoms with Crippen LogP contribution < -0.4 is 0 Å². The summed E-state index contributed by atoms with van der Waals surface area (Å²) < 4.78 is 26.2. The summed E-state index contributed by atoms with van der Waals surface area (Å²) in [6, 6.07) is 6.40. The molecule has 0 atom stereocenters. The first kappa shape index (κ1) is 19.2. The van der Waals surface area contributed by atoms with Gasteiger partial charge in [0.15, 0.2) is 0 Å². The smallest absolute Gasteiger partial charge is 0.336 e. The van der Waals surface area contributed by atoms with Crippen LogP contribution in [0, 0.1) is 18.6 Å². The van der Waals surface area contributed by atoms with E-state index in [4.69, 9.17) is 10.2 Å². The standard InChI is InChI=1S/C8H6BrFO2.C7H4BrFO2/c1-4-5(8(11)12)2-3-6(9)7(4)10;8-5-2-1-4(7(10)11)3-6(5)9/h2-3H,1H3,(H,11,12);1-3H,(H,10,11). The number of carboxylic acid groups (broad SMARTS) is 2. The molecule has 2 N–H and O–H groups in total. The van der Waals surface area contributed by atoms with Gasteiger partial charge in [-0.3, -0.25) is 0 Å². The van der Waals surface area contributed by atoms with Gasteiger partial charge in [0.05, 0.1) is 20.1 Å². The Morgan fingerprint density at radius 3 is 2.00 bits per heavy atom. The first-order valence-corrected chi connectivity index (χ1v) is 7.60. The third-order valence-corrected chi connectivity index (χ3v) is 3.99. The van der Waals surface area contributed by atoms with E-state index in [1.54, 1.807) is 0 Å². The fourth-order valence-corrected chi connectivity index (χ4v) is 2.19. The molecule has 0 heterocycles. The molecule has 0 unspecified atom stereocenters. The van der Waals surface area contributed by atoms with Gasteiger partial charge in [-0.05, 0) is 69.1 Å². The summed E-state index contributed by atoms with van der Waals surface area (Å²) >= 11 is 5.87. The minimum atomic E-state index is -1.13. The third-order valence-electron chi connectivity index (χ3n) is 2.74. The van der Waals surface area contributed by atoms with Gasteiger partial charge in [-0.25, -0.2) is 18.4 Å². The summed E-state index contributed by atoms with van der Waals surface area (Å²) in [4.78, 5) is 20.8. The van der Waals surface area contributed by atoms with E-state index in [0.717, 1.165) is 6.07 Å². The largest absolute Gasteiger partial charge is 0.478 e. The number of hydrogen-bond acceptors (Lipinski definition) is 2. The van der Waals surface area contributed by atoms with Gasteiger partial charge in [0.2, 0.25) is 0 Å². The normalized spacial score (nSPS) is 9.78. The van der Waals surface area contributed by atoms with Crippen LogP contribution in [-0.4, -0.2) is 22.2 Å². The van der Waals surface area contributed by atoms with Crippen molar-refractivity contribution in [2.75, 3.05) is 0 Å². The number of aromatic carboxylic acids is 2. The highest BCUT2D eigenvalue weighted by atomic mass is 79.9. The molecule has 2 rings (SSSR count). The molecule has 4 nitrogen and oxygen atoms in total. The van der Waals surface area contributed by atoms with Gasteiger partial charge in [-0.1, -0.05) is 0 Å². The molecule has 0 amide bonds. The Morgan fingerprint density at radius 1 is 0.957 bits per heavy atom. The zero-order valence-corrected chi connectivity index (χ0v) is 14.8. The SMILES string of the molecule is Cc1c(C(=O)O)ccc(Br)c1F.O=C(O)c1ccc(Br)c(F)c1. The average molecular weight is 452 g/mol. The molecule has 2 aromatic rings. The summed E-state index contributed by atoms with van der Waals surface area (Å²) in [7, 11) is 0. The van der Waals surface area contributed by atoms with Crippen LogP contribution >= 0.6 is 31.9 Å². The molecule has 23 heavy (non-hydrogen) atoms. The van der Waals surface area contributed by atoms with Crippen molar-refractivity contribution in [2.45, 2.75) is 6.92 Å². The molecule has 0 fully saturated rings. The molecule has 0 saturated carbocycles. The van der Waals surface area contributed by atoms with Crippen LogP contribution in [0.4, 0.5) is 8.78 Å². The molecule has 0 aliphatic rings. The minimum Gasteiger partial charge on any atom is -0.478 e. The van der Waals surface area contributed by atoms with E-state index in [1.807, 2.05) is 0 Å². The monoisotopic (exact) mass is 450 g/mol. The Kier molecular flexibility index (Phi) is 6.83. The van der Waals surface area contributed by atoms with Crippen molar-refractivity contribution in [2.24, 2.45) is 0 Å². The molecule has 2 aromatic carbocycles.